The lowest BCUT2D eigenvalue weighted by Gasteiger charge is -2.09. The van der Waals surface area contributed by atoms with Crippen molar-refractivity contribution in [2.24, 2.45) is 0 Å². The van der Waals surface area contributed by atoms with Gasteiger partial charge in [-0.2, -0.15) is 0 Å². The largest absolute Gasteiger partial charge is 0.326 e. The van der Waals surface area contributed by atoms with E-state index in [1.807, 2.05) is 0 Å². The maximum atomic E-state index is 12.4. The number of thioether (sulfide) groups is 1. The number of nitrogens with one attached hydrogen (secondary N) is 2. The molecule has 0 aliphatic rings. The summed E-state index contributed by atoms with van der Waals surface area (Å²) in [4.78, 5) is 28.1. The van der Waals surface area contributed by atoms with E-state index in [0.717, 1.165) is 0 Å². The molecule has 0 saturated heterocycles. The molecule has 0 atom stereocenters. The topological polar surface area (TPSA) is 127 Å². The van der Waals surface area contributed by atoms with E-state index in [1.165, 1.54) is 42.2 Å². The first kappa shape index (κ1) is 20.7. The van der Waals surface area contributed by atoms with Gasteiger partial charge in [0.05, 0.1) is 4.90 Å². The molecule has 2 N–H and O–H groups in total. The van der Waals surface area contributed by atoms with Crippen LogP contribution in [0.4, 0.5) is 11.6 Å². The number of nitrogens with zero attached hydrogens (tertiary/aromatic N) is 4. The fraction of sp³-hybridized carbons (Fsp3) is 0.167. The molecule has 9 nitrogen and oxygen atoms in total. The van der Waals surface area contributed by atoms with Gasteiger partial charge in [-0.1, -0.05) is 11.8 Å². The minimum absolute atomic E-state index is 0.00211. The van der Waals surface area contributed by atoms with Crippen LogP contribution in [-0.4, -0.2) is 40.0 Å². The molecule has 3 aromatic rings. The number of rotatable bonds is 8. The summed E-state index contributed by atoms with van der Waals surface area (Å²) < 4.78 is 27.2. The number of hydrogen-bond acceptors (Lipinski definition) is 8. The summed E-state index contributed by atoms with van der Waals surface area (Å²) in [6.07, 6.45) is 5.03. The molecule has 0 aliphatic carbocycles. The van der Waals surface area contributed by atoms with Crippen LogP contribution in [0.5, 0.6) is 0 Å². The molecule has 2 aromatic heterocycles. The van der Waals surface area contributed by atoms with Crippen LogP contribution in [0, 0.1) is 6.92 Å². The van der Waals surface area contributed by atoms with Crippen LogP contribution in [0.15, 0.2) is 65.0 Å². The maximum Gasteiger partial charge on any atom is 0.264 e. The molecular formula is C18H18N6O3S2. The highest BCUT2D eigenvalue weighted by Gasteiger charge is 2.16. The van der Waals surface area contributed by atoms with Gasteiger partial charge in [0.2, 0.25) is 11.9 Å². The van der Waals surface area contributed by atoms with Crippen molar-refractivity contribution in [2.45, 2.75) is 23.4 Å². The Morgan fingerprint density at radius 2 is 1.76 bits per heavy atom. The van der Waals surface area contributed by atoms with Gasteiger partial charge >= 0.3 is 0 Å². The number of aromatic nitrogens is 4. The highest BCUT2D eigenvalue weighted by Crippen LogP contribution is 2.17. The fourth-order valence-electron chi connectivity index (χ4n) is 2.21. The van der Waals surface area contributed by atoms with Crippen LogP contribution in [0.1, 0.15) is 12.1 Å². The second-order valence-corrected chi connectivity index (χ2v) is 8.57. The van der Waals surface area contributed by atoms with Crippen molar-refractivity contribution >= 4 is 39.3 Å². The Bertz CT molecular complexity index is 1080. The zero-order chi connectivity index (χ0) is 20.7. The first-order valence-electron chi connectivity index (χ1n) is 8.54. The standard InChI is InChI=1S/C18H18N6O3S2/c1-13-7-11-19-17(22-13)24-29(26,27)15-5-3-14(4-6-15)23-16(25)8-12-28-18-20-9-2-10-21-18/h2-7,9-11H,8,12H2,1H3,(H,23,25)(H,19,22,24). The Kier molecular flexibility index (Phi) is 6.73. The minimum atomic E-state index is -3.83. The summed E-state index contributed by atoms with van der Waals surface area (Å²) in [5.41, 5.74) is 1.15. The summed E-state index contributed by atoms with van der Waals surface area (Å²) in [5, 5.41) is 3.34. The Morgan fingerprint density at radius 1 is 1.03 bits per heavy atom. The first-order valence-corrected chi connectivity index (χ1v) is 11.0. The molecule has 0 spiro atoms. The number of amides is 1. The predicted octanol–water partition coefficient (Wildman–Crippen LogP) is 2.50. The molecule has 11 heteroatoms. The summed E-state index contributed by atoms with van der Waals surface area (Å²) in [5.74, 6) is 0.348. The molecule has 0 saturated carbocycles. The lowest BCUT2D eigenvalue weighted by Crippen LogP contribution is -2.16. The third-order valence-corrected chi connectivity index (χ3v) is 5.79. The fourth-order valence-corrected chi connectivity index (χ4v) is 3.90. The van der Waals surface area contributed by atoms with Gasteiger partial charge in [-0.25, -0.2) is 33.1 Å². The van der Waals surface area contributed by atoms with Crippen LogP contribution in [-0.2, 0) is 14.8 Å². The molecule has 29 heavy (non-hydrogen) atoms. The summed E-state index contributed by atoms with van der Waals surface area (Å²) in [7, 11) is -3.83. The second-order valence-electron chi connectivity index (χ2n) is 5.83. The number of carbonyl (C=O) groups excluding carboxylic acids is 1. The van der Waals surface area contributed by atoms with Gasteiger partial charge in [0.25, 0.3) is 10.0 Å². The van der Waals surface area contributed by atoms with E-state index in [0.29, 0.717) is 22.3 Å². The van der Waals surface area contributed by atoms with Crippen LogP contribution in [0.3, 0.4) is 0 Å². The summed E-state index contributed by atoms with van der Waals surface area (Å²) >= 11 is 1.38. The zero-order valence-electron chi connectivity index (χ0n) is 15.4. The maximum absolute atomic E-state index is 12.4. The first-order chi connectivity index (χ1) is 13.9. The Morgan fingerprint density at radius 3 is 2.45 bits per heavy atom. The lowest BCUT2D eigenvalue weighted by molar-refractivity contribution is -0.115. The third kappa shape index (κ3) is 6.22. The van der Waals surface area contributed by atoms with Gasteiger partial charge in [0.15, 0.2) is 5.16 Å². The number of anilines is 2. The van der Waals surface area contributed by atoms with Gasteiger partial charge in [0.1, 0.15) is 0 Å². The molecule has 1 amide bonds. The number of carbonyl (C=O) groups is 1. The molecule has 0 fully saturated rings. The molecule has 0 aliphatic heterocycles. The second kappa shape index (κ2) is 9.43. The van der Waals surface area contributed by atoms with Gasteiger partial charge in [-0.3, -0.25) is 4.79 Å². The highest BCUT2D eigenvalue weighted by molar-refractivity contribution is 7.99. The van der Waals surface area contributed by atoms with Gasteiger partial charge in [-0.05, 0) is 43.3 Å². The highest BCUT2D eigenvalue weighted by atomic mass is 32.2. The SMILES string of the molecule is Cc1ccnc(NS(=O)(=O)c2ccc(NC(=O)CCSc3ncccn3)cc2)n1. The van der Waals surface area contributed by atoms with Gasteiger partial charge in [0, 0.05) is 42.1 Å². The van der Waals surface area contributed by atoms with Crippen molar-refractivity contribution in [3.63, 3.8) is 0 Å². The van der Waals surface area contributed by atoms with E-state index in [2.05, 4.69) is 30.0 Å². The number of aryl methyl sites for hydroxylation is 1. The van der Waals surface area contributed by atoms with Crippen molar-refractivity contribution in [1.82, 2.24) is 19.9 Å². The molecule has 0 unspecified atom stereocenters. The Hall–Kier alpha value is -3.05. The van der Waals surface area contributed by atoms with E-state index in [1.54, 1.807) is 31.5 Å². The van der Waals surface area contributed by atoms with Crippen molar-refractivity contribution in [1.29, 1.82) is 0 Å². The average molecular weight is 431 g/mol. The quantitative estimate of drug-likeness (QED) is 0.412. The summed E-state index contributed by atoms with van der Waals surface area (Å²) in [6.45, 7) is 1.74. The van der Waals surface area contributed by atoms with E-state index in [-0.39, 0.29) is 23.2 Å². The molecule has 3 rings (SSSR count). The number of benzene rings is 1. The monoisotopic (exact) mass is 430 g/mol. The molecule has 0 radical (unpaired) electrons. The number of sulfonamides is 1. The smallest absolute Gasteiger partial charge is 0.264 e. The molecule has 150 valence electrons. The van der Waals surface area contributed by atoms with Crippen molar-refractivity contribution in [2.75, 3.05) is 15.8 Å². The molecule has 1 aromatic carbocycles. The third-order valence-electron chi connectivity index (χ3n) is 3.57. The van der Waals surface area contributed by atoms with E-state index in [4.69, 9.17) is 0 Å². The molecule has 2 heterocycles. The number of hydrogen-bond donors (Lipinski definition) is 2. The molecular weight excluding hydrogens is 412 g/mol. The van der Waals surface area contributed by atoms with Crippen LogP contribution >= 0.6 is 11.8 Å². The average Bonchev–Trinajstić information content (AvgIpc) is 2.69. The van der Waals surface area contributed by atoms with E-state index < -0.39 is 10.0 Å². The minimum Gasteiger partial charge on any atom is -0.326 e. The normalized spacial score (nSPS) is 11.1. The van der Waals surface area contributed by atoms with E-state index in [9.17, 15) is 13.2 Å². The van der Waals surface area contributed by atoms with Crippen LogP contribution in [0.25, 0.3) is 0 Å². The Labute approximate surface area is 172 Å². The predicted molar refractivity (Wildman–Crippen MR) is 110 cm³/mol. The lowest BCUT2D eigenvalue weighted by atomic mass is 10.3. The Balaban J connectivity index is 1.54. The van der Waals surface area contributed by atoms with E-state index >= 15 is 0 Å². The van der Waals surface area contributed by atoms with Crippen LogP contribution in [0.2, 0.25) is 0 Å². The van der Waals surface area contributed by atoms with Crippen molar-refractivity contribution < 1.29 is 13.2 Å². The van der Waals surface area contributed by atoms with Crippen molar-refractivity contribution in [3.8, 4) is 0 Å². The summed E-state index contributed by atoms with van der Waals surface area (Å²) in [6, 6.07) is 9.25. The van der Waals surface area contributed by atoms with Gasteiger partial charge in [-0.15, -0.1) is 0 Å². The molecule has 0 bridgehead atoms. The van der Waals surface area contributed by atoms with Crippen molar-refractivity contribution in [3.05, 3.63) is 60.7 Å². The van der Waals surface area contributed by atoms with Crippen LogP contribution < -0.4 is 10.0 Å². The van der Waals surface area contributed by atoms with Gasteiger partial charge < -0.3 is 5.32 Å². The zero-order valence-corrected chi connectivity index (χ0v) is 17.1.